The number of fused-ring (bicyclic) bond motifs is 1. The van der Waals surface area contributed by atoms with E-state index in [4.69, 9.17) is 0 Å². The van der Waals surface area contributed by atoms with Crippen LogP contribution in [0.25, 0.3) is 10.2 Å². The van der Waals surface area contributed by atoms with Gasteiger partial charge in [-0.1, -0.05) is 6.07 Å². The monoisotopic (exact) mass is 344 g/mol. The number of aromatic nitrogens is 2. The zero-order chi connectivity index (χ0) is 15.6. The number of hydrogen-bond acceptors (Lipinski definition) is 6. The number of anilines is 1. The Labute approximate surface area is 142 Å². The van der Waals surface area contributed by atoms with E-state index in [-0.39, 0.29) is 11.9 Å². The van der Waals surface area contributed by atoms with Crippen molar-refractivity contribution in [2.75, 3.05) is 11.4 Å². The second-order valence-corrected chi connectivity index (χ2v) is 7.41. The minimum atomic E-state index is -0.145. The van der Waals surface area contributed by atoms with Crippen LogP contribution < -0.4 is 10.2 Å². The molecule has 7 heteroatoms. The van der Waals surface area contributed by atoms with Crippen LogP contribution in [0, 0.1) is 0 Å². The van der Waals surface area contributed by atoms with E-state index in [1.807, 2.05) is 29.0 Å². The largest absolute Gasteiger partial charge is 0.349 e. The molecule has 1 amide bonds. The van der Waals surface area contributed by atoms with Crippen molar-refractivity contribution < 1.29 is 4.79 Å². The van der Waals surface area contributed by atoms with E-state index in [1.54, 1.807) is 29.0 Å². The van der Waals surface area contributed by atoms with Crippen LogP contribution in [0.4, 0.5) is 5.82 Å². The number of carbonyl (C=O) groups excluding carboxylic acids is 1. The van der Waals surface area contributed by atoms with Crippen LogP contribution in [-0.4, -0.2) is 28.5 Å². The number of amides is 1. The third kappa shape index (κ3) is 2.82. The number of hydrogen-bond donors (Lipinski definition) is 1. The Morgan fingerprint density at radius 1 is 1.30 bits per heavy atom. The van der Waals surface area contributed by atoms with Gasteiger partial charge in [0.25, 0.3) is 0 Å². The van der Waals surface area contributed by atoms with Crippen LogP contribution in [0.1, 0.15) is 17.7 Å². The fourth-order valence-electron chi connectivity index (χ4n) is 3.00. The van der Waals surface area contributed by atoms with E-state index in [0.29, 0.717) is 6.54 Å². The average molecular weight is 344 g/mol. The Morgan fingerprint density at radius 3 is 3.13 bits per heavy atom. The molecule has 0 bridgehead atoms. The van der Waals surface area contributed by atoms with Gasteiger partial charge < -0.3 is 10.2 Å². The highest BCUT2D eigenvalue weighted by Gasteiger charge is 2.32. The third-order valence-electron chi connectivity index (χ3n) is 4.09. The summed E-state index contributed by atoms with van der Waals surface area (Å²) in [4.78, 5) is 25.6. The van der Waals surface area contributed by atoms with E-state index in [9.17, 15) is 4.79 Å². The molecule has 3 aromatic rings. The third-order valence-corrected chi connectivity index (χ3v) is 5.78. The SMILES string of the molecule is O=C(NCc1cccs1)[C@@H]1CCCN1c1ncnc2sccc12. The maximum absolute atomic E-state index is 12.6. The lowest BCUT2D eigenvalue weighted by molar-refractivity contribution is -0.122. The molecule has 23 heavy (non-hydrogen) atoms. The lowest BCUT2D eigenvalue weighted by Crippen LogP contribution is -2.43. The summed E-state index contributed by atoms with van der Waals surface area (Å²) in [6.07, 6.45) is 3.46. The summed E-state index contributed by atoms with van der Waals surface area (Å²) < 4.78 is 0. The fraction of sp³-hybridized carbons (Fsp3) is 0.312. The summed E-state index contributed by atoms with van der Waals surface area (Å²) in [6.45, 7) is 1.46. The first kappa shape index (κ1) is 14.6. The summed E-state index contributed by atoms with van der Waals surface area (Å²) >= 11 is 3.26. The number of nitrogens with one attached hydrogen (secondary N) is 1. The summed E-state index contributed by atoms with van der Waals surface area (Å²) in [5.74, 6) is 0.961. The molecule has 1 aliphatic rings. The molecule has 118 valence electrons. The van der Waals surface area contributed by atoms with Crippen LogP contribution in [0.15, 0.2) is 35.3 Å². The van der Waals surface area contributed by atoms with Gasteiger partial charge in [0.2, 0.25) is 5.91 Å². The Hall–Kier alpha value is -1.99. The highest BCUT2D eigenvalue weighted by molar-refractivity contribution is 7.16. The molecule has 0 radical (unpaired) electrons. The van der Waals surface area contributed by atoms with E-state index >= 15 is 0 Å². The topological polar surface area (TPSA) is 58.1 Å². The molecular weight excluding hydrogens is 328 g/mol. The Balaban J connectivity index is 1.54. The molecule has 1 aliphatic heterocycles. The van der Waals surface area contributed by atoms with E-state index in [0.717, 1.165) is 35.4 Å². The maximum Gasteiger partial charge on any atom is 0.243 e. The summed E-state index contributed by atoms with van der Waals surface area (Å²) in [6, 6.07) is 5.93. The smallest absolute Gasteiger partial charge is 0.243 e. The van der Waals surface area contributed by atoms with E-state index < -0.39 is 0 Å². The van der Waals surface area contributed by atoms with Crippen molar-refractivity contribution in [1.29, 1.82) is 0 Å². The lowest BCUT2D eigenvalue weighted by atomic mass is 10.2. The molecule has 0 spiro atoms. The van der Waals surface area contributed by atoms with Gasteiger partial charge in [-0.2, -0.15) is 0 Å². The predicted molar refractivity (Wildman–Crippen MR) is 93.9 cm³/mol. The molecule has 1 saturated heterocycles. The summed E-state index contributed by atoms with van der Waals surface area (Å²) in [5.41, 5.74) is 0. The summed E-state index contributed by atoms with van der Waals surface area (Å²) in [7, 11) is 0. The molecular formula is C16H16N4OS2. The molecule has 0 aromatic carbocycles. The van der Waals surface area contributed by atoms with Gasteiger partial charge >= 0.3 is 0 Å². The Morgan fingerprint density at radius 2 is 2.26 bits per heavy atom. The molecule has 5 nitrogen and oxygen atoms in total. The highest BCUT2D eigenvalue weighted by atomic mass is 32.1. The Bertz CT molecular complexity index is 814. The molecule has 3 aromatic heterocycles. The van der Waals surface area contributed by atoms with Gasteiger partial charge in [0, 0.05) is 11.4 Å². The molecule has 4 heterocycles. The molecule has 0 saturated carbocycles. The van der Waals surface area contributed by atoms with Crippen LogP contribution in [-0.2, 0) is 11.3 Å². The van der Waals surface area contributed by atoms with Gasteiger partial charge in [-0.25, -0.2) is 9.97 Å². The van der Waals surface area contributed by atoms with Crippen molar-refractivity contribution >= 4 is 44.6 Å². The summed E-state index contributed by atoms with van der Waals surface area (Å²) in [5, 5.41) is 8.14. The van der Waals surface area contributed by atoms with Crippen molar-refractivity contribution in [1.82, 2.24) is 15.3 Å². The second kappa shape index (κ2) is 6.25. The zero-order valence-corrected chi connectivity index (χ0v) is 14.1. The molecule has 4 rings (SSSR count). The quantitative estimate of drug-likeness (QED) is 0.790. The standard InChI is InChI=1S/C16H16N4OS2/c21-15(17-9-11-3-2-7-22-11)13-4-1-6-20(13)14-12-5-8-23-16(12)19-10-18-14/h2-3,5,7-8,10,13H,1,4,6,9H2,(H,17,21)/t13-/m0/s1. The number of nitrogens with zero attached hydrogens (tertiary/aromatic N) is 3. The normalized spacial score (nSPS) is 17.7. The molecule has 0 aliphatic carbocycles. The number of carbonyl (C=O) groups is 1. The van der Waals surface area contributed by atoms with E-state index in [1.165, 1.54) is 4.88 Å². The minimum absolute atomic E-state index is 0.0814. The molecule has 0 unspecified atom stereocenters. The maximum atomic E-state index is 12.6. The van der Waals surface area contributed by atoms with Crippen LogP contribution >= 0.6 is 22.7 Å². The van der Waals surface area contributed by atoms with Crippen molar-refractivity contribution in [3.8, 4) is 0 Å². The number of rotatable bonds is 4. The first-order chi connectivity index (χ1) is 11.3. The number of thiophene rings is 2. The van der Waals surface area contributed by atoms with Gasteiger partial charge in [-0.05, 0) is 35.7 Å². The van der Waals surface area contributed by atoms with Gasteiger partial charge in [0.05, 0.1) is 11.9 Å². The van der Waals surface area contributed by atoms with Crippen molar-refractivity contribution in [3.05, 3.63) is 40.2 Å². The second-order valence-electron chi connectivity index (χ2n) is 5.49. The van der Waals surface area contributed by atoms with Crippen LogP contribution in [0.5, 0.6) is 0 Å². The van der Waals surface area contributed by atoms with Gasteiger partial charge in [0.1, 0.15) is 23.0 Å². The predicted octanol–water partition coefficient (Wildman–Crippen LogP) is 3.04. The highest BCUT2D eigenvalue weighted by Crippen LogP contribution is 2.31. The first-order valence-electron chi connectivity index (χ1n) is 7.58. The van der Waals surface area contributed by atoms with Crippen LogP contribution in [0.3, 0.4) is 0 Å². The van der Waals surface area contributed by atoms with Crippen molar-refractivity contribution in [2.45, 2.75) is 25.4 Å². The van der Waals surface area contributed by atoms with Crippen LogP contribution in [0.2, 0.25) is 0 Å². The lowest BCUT2D eigenvalue weighted by Gasteiger charge is -2.25. The minimum Gasteiger partial charge on any atom is -0.349 e. The van der Waals surface area contributed by atoms with Gasteiger partial charge in [-0.3, -0.25) is 4.79 Å². The molecule has 1 fully saturated rings. The Kier molecular flexibility index (Phi) is 3.97. The fourth-order valence-corrected chi connectivity index (χ4v) is 4.38. The zero-order valence-electron chi connectivity index (χ0n) is 12.4. The van der Waals surface area contributed by atoms with Gasteiger partial charge in [-0.15, -0.1) is 22.7 Å². The van der Waals surface area contributed by atoms with Crippen molar-refractivity contribution in [3.63, 3.8) is 0 Å². The average Bonchev–Trinajstić information content (AvgIpc) is 3.32. The molecule has 1 N–H and O–H groups in total. The molecule has 1 atom stereocenters. The van der Waals surface area contributed by atoms with Gasteiger partial charge in [0.15, 0.2) is 0 Å². The first-order valence-corrected chi connectivity index (χ1v) is 9.34. The van der Waals surface area contributed by atoms with Crippen molar-refractivity contribution in [2.24, 2.45) is 0 Å². The van der Waals surface area contributed by atoms with E-state index in [2.05, 4.69) is 20.2 Å².